The predicted molar refractivity (Wildman–Crippen MR) is 172 cm³/mol. The number of nitrogens with one attached hydrogen (secondary N) is 1. The normalized spacial score (nSPS) is 21.4. The summed E-state index contributed by atoms with van der Waals surface area (Å²) < 4.78 is 67.0. The Bertz CT molecular complexity index is 1890. The van der Waals surface area contributed by atoms with Crippen LogP contribution in [0.1, 0.15) is 25.3 Å². The van der Waals surface area contributed by atoms with Crippen LogP contribution in [0, 0.1) is 28.9 Å². The first-order valence-electron chi connectivity index (χ1n) is 15.3. The van der Waals surface area contributed by atoms with Crippen LogP contribution < -0.4 is 16.0 Å². The Labute approximate surface area is 271 Å². The zero-order chi connectivity index (χ0) is 33.3. The van der Waals surface area contributed by atoms with Crippen molar-refractivity contribution in [2.45, 2.75) is 37.3 Å². The third-order valence-electron chi connectivity index (χ3n) is 8.87. The number of pyridine rings is 1. The summed E-state index contributed by atoms with van der Waals surface area (Å²) in [4.78, 5) is 10.8. The van der Waals surface area contributed by atoms with Crippen LogP contribution >= 0.6 is 0 Å². The van der Waals surface area contributed by atoms with Gasteiger partial charge in [0.15, 0.2) is 0 Å². The minimum atomic E-state index is -3.15. The Kier molecular flexibility index (Phi) is 9.12. The van der Waals surface area contributed by atoms with Crippen LogP contribution in [-0.2, 0) is 24.7 Å². The summed E-state index contributed by atoms with van der Waals surface area (Å²) in [5, 5.41) is 17.7. The van der Waals surface area contributed by atoms with E-state index in [4.69, 9.17) is 15.2 Å². The van der Waals surface area contributed by atoms with Crippen LogP contribution in [0.15, 0.2) is 48.9 Å². The van der Waals surface area contributed by atoms with Crippen LogP contribution in [0.2, 0.25) is 0 Å². The van der Waals surface area contributed by atoms with Gasteiger partial charge in [-0.05, 0) is 48.7 Å². The fourth-order valence-corrected chi connectivity index (χ4v) is 6.79. The fraction of sp³-hybridized carbons (Fsp3) is 0.438. The van der Waals surface area contributed by atoms with Crippen molar-refractivity contribution < 1.29 is 26.7 Å². The quantitative estimate of drug-likeness (QED) is 0.269. The summed E-state index contributed by atoms with van der Waals surface area (Å²) in [5.74, 6) is -1.39. The van der Waals surface area contributed by atoms with Gasteiger partial charge in [-0.3, -0.25) is 4.98 Å². The summed E-state index contributed by atoms with van der Waals surface area (Å²) in [6, 6.07) is 9.37. The number of fused-ring (bicyclic) bond motifs is 1. The molecule has 3 N–H and O–H groups in total. The summed E-state index contributed by atoms with van der Waals surface area (Å²) in [6.45, 7) is 3.82. The molecule has 12 nitrogen and oxygen atoms in total. The molecule has 0 saturated carbocycles. The molecule has 3 aromatic heterocycles. The molecule has 2 saturated heterocycles. The van der Waals surface area contributed by atoms with Crippen LogP contribution in [0.3, 0.4) is 0 Å². The standard InChI is InChI=1S/C32H36F2N8O4S/c1-20-17-41(18-25(36)30(20)46-11-12-47(2,43)44)28-5-8-37-16-27(28)39-31-38-15-22-3-4-26(40-42(22)31)29-23(33)13-21(14-24(29)34)32(19-35)6-9-45-10-7-32/h3-5,8,13-16,20,25,30H,6-7,9-12,17-18,36H2,1-2H3,(H,38,39). The van der Waals surface area contributed by atoms with Crippen molar-refractivity contribution in [3.05, 3.63) is 66.1 Å². The molecular weight excluding hydrogens is 630 g/mol. The average molecular weight is 667 g/mol. The predicted octanol–water partition coefficient (Wildman–Crippen LogP) is 3.60. The Morgan fingerprint density at radius 3 is 2.60 bits per heavy atom. The number of nitriles is 1. The maximum Gasteiger partial charge on any atom is 0.229 e. The van der Waals surface area contributed by atoms with E-state index in [0.29, 0.717) is 56.3 Å². The number of nitrogens with two attached hydrogens (primary N) is 1. The Morgan fingerprint density at radius 1 is 1.17 bits per heavy atom. The number of nitrogens with zero attached hydrogens (tertiary/aromatic N) is 6. The number of aromatic nitrogens is 4. The smallest absolute Gasteiger partial charge is 0.229 e. The van der Waals surface area contributed by atoms with Crippen LogP contribution in [0.25, 0.3) is 16.8 Å². The largest absolute Gasteiger partial charge is 0.381 e. The first-order valence-corrected chi connectivity index (χ1v) is 17.4. The molecule has 15 heteroatoms. The molecule has 0 aliphatic carbocycles. The molecule has 3 unspecified atom stereocenters. The third kappa shape index (κ3) is 6.77. The first-order chi connectivity index (χ1) is 22.5. The van der Waals surface area contributed by atoms with Gasteiger partial charge < -0.3 is 25.4 Å². The van der Waals surface area contributed by atoms with E-state index in [2.05, 4.69) is 31.4 Å². The van der Waals surface area contributed by atoms with Crippen molar-refractivity contribution in [3.63, 3.8) is 0 Å². The molecule has 0 radical (unpaired) electrons. The molecule has 0 bridgehead atoms. The molecule has 2 fully saturated rings. The van der Waals surface area contributed by atoms with Gasteiger partial charge in [0.1, 0.15) is 21.5 Å². The van der Waals surface area contributed by atoms with E-state index in [9.17, 15) is 13.7 Å². The van der Waals surface area contributed by atoms with Gasteiger partial charge in [-0.1, -0.05) is 6.92 Å². The van der Waals surface area contributed by atoms with Gasteiger partial charge >= 0.3 is 0 Å². The molecule has 4 aromatic rings. The lowest BCUT2D eigenvalue weighted by Crippen LogP contribution is -2.57. The number of halogens is 2. The number of hydrogen-bond donors (Lipinski definition) is 2. The number of sulfone groups is 1. The molecule has 0 spiro atoms. The average Bonchev–Trinajstić information content (AvgIpc) is 3.43. The highest BCUT2D eigenvalue weighted by molar-refractivity contribution is 7.90. The number of piperidine rings is 1. The van der Waals surface area contributed by atoms with E-state index in [1.807, 2.05) is 13.0 Å². The number of anilines is 3. The second-order valence-electron chi connectivity index (χ2n) is 12.3. The minimum absolute atomic E-state index is 0.00136. The Morgan fingerprint density at radius 2 is 1.91 bits per heavy atom. The van der Waals surface area contributed by atoms with Gasteiger partial charge in [0.2, 0.25) is 5.95 Å². The molecule has 3 atom stereocenters. The van der Waals surface area contributed by atoms with E-state index >= 15 is 8.78 Å². The van der Waals surface area contributed by atoms with Gasteiger partial charge in [0.05, 0.1) is 70.5 Å². The van der Waals surface area contributed by atoms with E-state index < -0.39 is 26.9 Å². The van der Waals surface area contributed by atoms with Gasteiger partial charge in [0.25, 0.3) is 0 Å². The lowest BCUT2D eigenvalue weighted by atomic mass is 9.75. The van der Waals surface area contributed by atoms with E-state index in [0.717, 1.165) is 5.69 Å². The second kappa shape index (κ2) is 13.1. The minimum Gasteiger partial charge on any atom is -0.381 e. The topological polar surface area (TPSA) is 161 Å². The van der Waals surface area contributed by atoms with Crippen molar-refractivity contribution in [2.24, 2.45) is 11.7 Å². The number of rotatable bonds is 9. The SMILES string of the molecule is CC1CN(c2ccncc2Nc2ncc3ccc(-c4c(F)cc(C5(C#N)CCOCC5)cc4F)nn23)CC(N)C1OCCS(C)(=O)=O. The summed E-state index contributed by atoms with van der Waals surface area (Å²) >= 11 is 0. The molecule has 47 heavy (non-hydrogen) atoms. The lowest BCUT2D eigenvalue weighted by molar-refractivity contribution is 0.00183. The summed E-state index contributed by atoms with van der Waals surface area (Å²) in [7, 11) is -3.15. The monoisotopic (exact) mass is 666 g/mol. The van der Waals surface area contributed by atoms with Crippen LogP contribution in [0.4, 0.5) is 26.1 Å². The van der Waals surface area contributed by atoms with Crippen molar-refractivity contribution in [1.29, 1.82) is 5.26 Å². The Hall–Kier alpha value is -4.23. The Balaban J connectivity index is 1.25. The molecule has 0 amide bonds. The lowest BCUT2D eigenvalue weighted by Gasteiger charge is -2.42. The van der Waals surface area contributed by atoms with Crippen molar-refractivity contribution in [3.8, 4) is 17.3 Å². The highest BCUT2D eigenvalue weighted by Crippen LogP contribution is 2.38. The molecule has 1 aromatic carbocycles. The number of benzene rings is 1. The number of hydrogen-bond acceptors (Lipinski definition) is 11. The second-order valence-corrected chi connectivity index (χ2v) is 14.5. The fourth-order valence-electron chi connectivity index (χ4n) is 6.39. The summed E-state index contributed by atoms with van der Waals surface area (Å²) in [5.41, 5.74) is 7.55. The molecule has 2 aliphatic rings. The molecule has 2 aliphatic heterocycles. The van der Waals surface area contributed by atoms with Crippen molar-refractivity contribution in [2.75, 3.05) is 55.1 Å². The van der Waals surface area contributed by atoms with Gasteiger partial charge in [-0.15, -0.1) is 0 Å². The maximum absolute atomic E-state index is 15.6. The van der Waals surface area contributed by atoms with E-state index in [1.54, 1.807) is 24.7 Å². The highest BCUT2D eigenvalue weighted by Gasteiger charge is 2.37. The van der Waals surface area contributed by atoms with Crippen LogP contribution in [0.5, 0.6) is 0 Å². The van der Waals surface area contributed by atoms with E-state index in [1.165, 1.54) is 29.0 Å². The number of ether oxygens (including phenoxy) is 2. The zero-order valence-corrected chi connectivity index (χ0v) is 26.9. The zero-order valence-electron chi connectivity index (χ0n) is 26.1. The van der Waals surface area contributed by atoms with Crippen molar-refractivity contribution >= 4 is 32.7 Å². The first kappa shape index (κ1) is 32.7. The highest BCUT2D eigenvalue weighted by atomic mass is 32.2. The van der Waals surface area contributed by atoms with E-state index in [-0.39, 0.29) is 47.2 Å². The third-order valence-corrected chi connectivity index (χ3v) is 9.78. The molecule has 5 heterocycles. The molecular formula is C32H36F2N8O4S. The maximum atomic E-state index is 15.6. The molecule has 6 rings (SSSR count). The molecule has 248 valence electrons. The van der Waals surface area contributed by atoms with Crippen molar-refractivity contribution in [1.82, 2.24) is 19.6 Å². The number of imidazole rings is 1. The van der Waals surface area contributed by atoms with Gasteiger partial charge in [0, 0.05) is 50.7 Å². The van der Waals surface area contributed by atoms with Gasteiger partial charge in [-0.25, -0.2) is 22.2 Å². The van der Waals surface area contributed by atoms with Crippen LogP contribution in [-0.4, -0.2) is 85.1 Å². The van der Waals surface area contributed by atoms with Gasteiger partial charge in [-0.2, -0.15) is 14.9 Å². The summed E-state index contributed by atoms with van der Waals surface area (Å²) in [6.07, 6.45) is 6.48.